The standard InChI is InChI=1S/C15H19ClN2/c1-9(2)14-11-4-5-12(16)10(3)15(11)18-7-6-17-8-13(14)18/h4-5,9,17H,6-8H2,1-3H3. The number of nitrogens with one attached hydrogen (secondary N) is 1. The highest BCUT2D eigenvalue weighted by Gasteiger charge is 2.22. The van der Waals surface area contributed by atoms with Crippen molar-refractivity contribution in [3.8, 4) is 0 Å². The molecule has 0 bridgehead atoms. The zero-order valence-corrected chi connectivity index (χ0v) is 11.9. The van der Waals surface area contributed by atoms with Gasteiger partial charge in [0.05, 0.1) is 5.52 Å². The van der Waals surface area contributed by atoms with E-state index in [4.69, 9.17) is 11.6 Å². The van der Waals surface area contributed by atoms with Gasteiger partial charge in [0.25, 0.3) is 0 Å². The molecule has 2 aromatic rings. The van der Waals surface area contributed by atoms with Gasteiger partial charge in [-0.3, -0.25) is 0 Å². The molecule has 0 saturated heterocycles. The van der Waals surface area contributed by atoms with Crippen LogP contribution in [-0.2, 0) is 13.1 Å². The molecule has 2 nitrogen and oxygen atoms in total. The van der Waals surface area contributed by atoms with Crippen molar-refractivity contribution in [3.05, 3.63) is 34.0 Å². The Hall–Kier alpha value is -0.990. The lowest BCUT2D eigenvalue weighted by Crippen LogP contribution is -2.28. The second-order valence-corrected chi connectivity index (χ2v) is 5.82. The average Bonchev–Trinajstić information content (AvgIpc) is 2.68. The lowest BCUT2D eigenvalue weighted by molar-refractivity contribution is 0.520. The van der Waals surface area contributed by atoms with Gasteiger partial charge >= 0.3 is 0 Å². The third-order valence-corrected chi connectivity index (χ3v) is 4.35. The summed E-state index contributed by atoms with van der Waals surface area (Å²) in [6.45, 7) is 9.73. The summed E-state index contributed by atoms with van der Waals surface area (Å²) in [5, 5.41) is 5.73. The van der Waals surface area contributed by atoms with Crippen LogP contribution in [-0.4, -0.2) is 11.1 Å². The van der Waals surface area contributed by atoms with E-state index < -0.39 is 0 Å². The number of halogens is 1. The third kappa shape index (κ3) is 1.59. The number of rotatable bonds is 1. The molecule has 0 aliphatic carbocycles. The number of hydrogen-bond donors (Lipinski definition) is 1. The monoisotopic (exact) mass is 262 g/mol. The quantitative estimate of drug-likeness (QED) is 0.827. The van der Waals surface area contributed by atoms with Gasteiger partial charge in [0.15, 0.2) is 0 Å². The van der Waals surface area contributed by atoms with Gasteiger partial charge in [0, 0.05) is 35.7 Å². The van der Waals surface area contributed by atoms with Gasteiger partial charge in [0.2, 0.25) is 0 Å². The zero-order chi connectivity index (χ0) is 12.9. The fourth-order valence-corrected chi connectivity index (χ4v) is 3.31. The molecule has 1 aliphatic heterocycles. The van der Waals surface area contributed by atoms with Crippen LogP contribution in [0.1, 0.15) is 36.6 Å². The molecular weight excluding hydrogens is 244 g/mol. The SMILES string of the molecule is Cc1c(Cl)ccc2c(C(C)C)c3n(c12)CCNC3. The summed E-state index contributed by atoms with van der Waals surface area (Å²) in [6, 6.07) is 4.22. The van der Waals surface area contributed by atoms with Crippen molar-refractivity contribution in [1.29, 1.82) is 0 Å². The highest BCUT2D eigenvalue weighted by molar-refractivity contribution is 6.32. The van der Waals surface area contributed by atoms with E-state index in [-0.39, 0.29) is 0 Å². The van der Waals surface area contributed by atoms with E-state index in [0.29, 0.717) is 5.92 Å². The first kappa shape index (κ1) is 12.1. The van der Waals surface area contributed by atoms with Gasteiger partial charge in [0.1, 0.15) is 0 Å². The minimum absolute atomic E-state index is 0.546. The Bertz CT molecular complexity index is 611. The lowest BCUT2D eigenvalue weighted by atomic mass is 9.98. The second kappa shape index (κ2) is 4.29. The molecule has 18 heavy (non-hydrogen) atoms. The number of hydrogen-bond acceptors (Lipinski definition) is 1. The van der Waals surface area contributed by atoms with E-state index in [1.54, 1.807) is 0 Å². The van der Waals surface area contributed by atoms with Crippen molar-refractivity contribution >= 4 is 22.5 Å². The van der Waals surface area contributed by atoms with Crippen molar-refractivity contribution in [2.24, 2.45) is 0 Å². The molecule has 0 amide bonds. The molecule has 0 spiro atoms. The molecule has 1 N–H and O–H groups in total. The van der Waals surface area contributed by atoms with Crippen molar-refractivity contribution in [1.82, 2.24) is 9.88 Å². The minimum atomic E-state index is 0.546. The molecule has 3 rings (SSSR count). The molecule has 96 valence electrons. The van der Waals surface area contributed by atoms with E-state index in [0.717, 1.165) is 24.7 Å². The highest BCUT2D eigenvalue weighted by atomic mass is 35.5. The molecule has 0 saturated carbocycles. The van der Waals surface area contributed by atoms with Crippen molar-refractivity contribution in [3.63, 3.8) is 0 Å². The minimum Gasteiger partial charge on any atom is -0.342 e. The first-order chi connectivity index (χ1) is 8.61. The Kier molecular flexibility index (Phi) is 2.87. The molecule has 0 unspecified atom stereocenters. The van der Waals surface area contributed by atoms with Crippen molar-refractivity contribution < 1.29 is 0 Å². The molecule has 3 heteroatoms. The van der Waals surface area contributed by atoms with E-state index in [1.807, 2.05) is 6.07 Å². The Morgan fingerprint density at radius 1 is 1.33 bits per heavy atom. The fraction of sp³-hybridized carbons (Fsp3) is 0.467. The predicted molar refractivity (Wildman–Crippen MR) is 77.5 cm³/mol. The van der Waals surface area contributed by atoms with Crippen LogP contribution in [0.2, 0.25) is 5.02 Å². The second-order valence-electron chi connectivity index (χ2n) is 5.41. The van der Waals surface area contributed by atoms with Gasteiger partial charge in [-0.15, -0.1) is 0 Å². The number of benzene rings is 1. The maximum Gasteiger partial charge on any atom is 0.0531 e. The summed E-state index contributed by atoms with van der Waals surface area (Å²) in [6.07, 6.45) is 0. The molecule has 0 radical (unpaired) electrons. The van der Waals surface area contributed by atoms with Crippen LogP contribution >= 0.6 is 11.6 Å². The number of aromatic nitrogens is 1. The van der Waals surface area contributed by atoms with Crippen LogP contribution in [0.5, 0.6) is 0 Å². The number of aryl methyl sites for hydroxylation is 1. The summed E-state index contributed by atoms with van der Waals surface area (Å²) < 4.78 is 2.46. The number of fused-ring (bicyclic) bond motifs is 3. The van der Waals surface area contributed by atoms with Gasteiger partial charge < -0.3 is 9.88 Å². The predicted octanol–water partition coefficient (Wildman–Crippen LogP) is 3.83. The summed E-state index contributed by atoms with van der Waals surface area (Å²) in [7, 11) is 0. The highest BCUT2D eigenvalue weighted by Crippen LogP contribution is 2.36. The smallest absolute Gasteiger partial charge is 0.0531 e. The number of nitrogens with zero attached hydrogens (tertiary/aromatic N) is 1. The van der Waals surface area contributed by atoms with Crippen LogP contribution in [0.4, 0.5) is 0 Å². The van der Waals surface area contributed by atoms with E-state index >= 15 is 0 Å². The van der Waals surface area contributed by atoms with E-state index in [1.165, 1.54) is 27.7 Å². The molecule has 1 aromatic heterocycles. The van der Waals surface area contributed by atoms with Crippen LogP contribution in [0.3, 0.4) is 0 Å². The summed E-state index contributed by atoms with van der Waals surface area (Å²) in [4.78, 5) is 0. The maximum atomic E-state index is 6.29. The molecule has 1 aliphatic rings. The Balaban J connectivity index is 2.44. The van der Waals surface area contributed by atoms with Crippen LogP contribution < -0.4 is 5.32 Å². The Morgan fingerprint density at radius 3 is 2.83 bits per heavy atom. The third-order valence-electron chi connectivity index (χ3n) is 3.94. The van der Waals surface area contributed by atoms with Crippen LogP contribution in [0, 0.1) is 6.92 Å². The molecule has 0 fully saturated rings. The molecule has 2 heterocycles. The summed E-state index contributed by atoms with van der Waals surface area (Å²) in [5.74, 6) is 0.546. The lowest BCUT2D eigenvalue weighted by Gasteiger charge is -2.20. The first-order valence-electron chi connectivity index (χ1n) is 6.62. The maximum absolute atomic E-state index is 6.29. The Morgan fingerprint density at radius 2 is 2.11 bits per heavy atom. The summed E-state index contributed by atoms with van der Waals surface area (Å²) in [5.41, 5.74) is 5.47. The summed E-state index contributed by atoms with van der Waals surface area (Å²) >= 11 is 6.29. The fourth-order valence-electron chi connectivity index (χ4n) is 3.16. The van der Waals surface area contributed by atoms with Gasteiger partial charge in [-0.25, -0.2) is 0 Å². The normalized spacial score (nSPS) is 15.4. The topological polar surface area (TPSA) is 17.0 Å². The van der Waals surface area contributed by atoms with Crippen molar-refractivity contribution in [2.75, 3.05) is 6.54 Å². The first-order valence-corrected chi connectivity index (χ1v) is 7.00. The van der Waals surface area contributed by atoms with E-state index in [2.05, 4.69) is 36.7 Å². The van der Waals surface area contributed by atoms with Gasteiger partial charge in [-0.1, -0.05) is 31.5 Å². The Labute approximate surface area is 113 Å². The molecule has 0 atom stereocenters. The molecule has 1 aromatic carbocycles. The van der Waals surface area contributed by atoms with Gasteiger partial charge in [-0.05, 0) is 30.0 Å². The van der Waals surface area contributed by atoms with Crippen molar-refractivity contribution in [2.45, 2.75) is 39.8 Å². The van der Waals surface area contributed by atoms with E-state index in [9.17, 15) is 0 Å². The zero-order valence-electron chi connectivity index (χ0n) is 11.2. The van der Waals surface area contributed by atoms with Crippen LogP contribution in [0.25, 0.3) is 10.9 Å². The molecular formula is C15H19ClN2. The average molecular weight is 263 g/mol. The van der Waals surface area contributed by atoms with Crippen LogP contribution in [0.15, 0.2) is 12.1 Å². The largest absolute Gasteiger partial charge is 0.342 e. The van der Waals surface area contributed by atoms with Gasteiger partial charge in [-0.2, -0.15) is 0 Å².